The number of nitrogens with one attached hydrogen (secondary N) is 1. The van der Waals surface area contributed by atoms with E-state index in [9.17, 15) is 4.79 Å². The molecule has 1 amide bonds. The van der Waals surface area contributed by atoms with Crippen molar-refractivity contribution in [3.05, 3.63) is 0 Å². The van der Waals surface area contributed by atoms with Crippen LogP contribution in [0, 0.1) is 0 Å². The van der Waals surface area contributed by atoms with Gasteiger partial charge in [-0.05, 0) is 16.9 Å². The molecule has 1 fully saturated rings. The molecular formula is C8H15Cl2N2O+. The molecule has 3 nitrogen and oxygen atoms in total. The van der Waals surface area contributed by atoms with Crippen molar-refractivity contribution >= 4 is 29.5 Å². The summed E-state index contributed by atoms with van der Waals surface area (Å²) in [5, 5.41) is 3.16. The molecule has 1 heterocycles. The predicted molar refractivity (Wildman–Crippen MR) is 52.9 cm³/mol. The Labute approximate surface area is 88.8 Å². The molecule has 0 radical (unpaired) electrons. The second-order valence-electron chi connectivity index (χ2n) is 4.19. The number of halogens is 2. The minimum atomic E-state index is -0.642. The van der Waals surface area contributed by atoms with Crippen molar-refractivity contribution in [2.45, 2.75) is 45.3 Å². The zero-order chi connectivity index (χ0) is 10.5. The summed E-state index contributed by atoms with van der Waals surface area (Å²) in [6, 6.07) is 0. The van der Waals surface area contributed by atoms with Crippen molar-refractivity contribution in [3.8, 4) is 0 Å². The van der Waals surface area contributed by atoms with Crippen LogP contribution in [-0.4, -0.2) is 20.6 Å². The molecule has 1 atom stereocenters. The van der Waals surface area contributed by atoms with Crippen molar-refractivity contribution in [3.63, 3.8) is 0 Å². The van der Waals surface area contributed by atoms with Gasteiger partial charge in [-0.25, -0.2) is 10.1 Å². The summed E-state index contributed by atoms with van der Waals surface area (Å²) in [7, 11) is 0. The van der Waals surface area contributed by atoms with Crippen LogP contribution in [0.1, 0.15) is 34.1 Å². The fraction of sp³-hybridized carbons (Fsp3) is 0.875. The minimum Gasteiger partial charge on any atom is -0.245 e. The van der Waals surface area contributed by atoms with Gasteiger partial charge in [0.25, 0.3) is 0 Å². The number of rotatable bonds is 1. The summed E-state index contributed by atoms with van der Waals surface area (Å²) in [4.78, 5) is 11.8. The average Bonchev–Trinajstić information content (AvgIpc) is 2.11. The fourth-order valence-electron chi connectivity index (χ4n) is 1.60. The predicted octanol–water partition coefficient (Wildman–Crippen LogP) is 2.15. The van der Waals surface area contributed by atoms with Gasteiger partial charge in [-0.3, -0.25) is 0 Å². The summed E-state index contributed by atoms with van der Waals surface area (Å²) in [6.07, 6.45) is 0.675. The maximum atomic E-state index is 11.8. The number of quaternary nitrogens is 1. The lowest BCUT2D eigenvalue weighted by atomic mass is 10.00. The van der Waals surface area contributed by atoms with Gasteiger partial charge in [0.05, 0.1) is 0 Å². The van der Waals surface area contributed by atoms with Crippen LogP contribution in [0.25, 0.3) is 0 Å². The van der Waals surface area contributed by atoms with E-state index in [4.69, 9.17) is 23.6 Å². The van der Waals surface area contributed by atoms with E-state index in [1.54, 1.807) is 0 Å². The third-order valence-corrected chi connectivity index (χ3v) is 3.87. The van der Waals surface area contributed by atoms with Gasteiger partial charge in [-0.15, -0.1) is 0 Å². The molecule has 1 saturated heterocycles. The van der Waals surface area contributed by atoms with Crippen molar-refractivity contribution in [2.75, 3.05) is 0 Å². The molecule has 1 N–H and O–H groups in total. The Morgan fingerprint density at radius 1 is 1.38 bits per heavy atom. The molecule has 5 heteroatoms. The third kappa shape index (κ3) is 1.38. The van der Waals surface area contributed by atoms with Gasteiger partial charge in [0.1, 0.15) is 5.54 Å². The van der Waals surface area contributed by atoms with Gasteiger partial charge in [0.15, 0.2) is 29.2 Å². The number of carbonyl (C=O) groups excluding carboxylic acids is 1. The van der Waals surface area contributed by atoms with Crippen LogP contribution < -0.4 is 5.32 Å². The first-order valence-electron chi connectivity index (χ1n) is 4.30. The maximum Gasteiger partial charge on any atom is 0.371 e. The first-order chi connectivity index (χ1) is 5.67. The van der Waals surface area contributed by atoms with E-state index in [1.807, 2.05) is 27.7 Å². The molecule has 0 aromatic rings. The Balaban J connectivity index is 3.13. The topological polar surface area (TPSA) is 29.1 Å². The van der Waals surface area contributed by atoms with Crippen LogP contribution in [0.15, 0.2) is 0 Å². The number of amides is 1. The molecule has 0 aromatic carbocycles. The largest absolute Gasteiger partial charge is 0.371 e. The molecule has 1 rings (SSSR count). The van der Waals surface area contributed by atoms with Crippen LogP contribution in [-0.2, 0) is 4.79 Å². The average molecular weight is 226 g/mol. The second kappa shape index (κ2) is 2.83. The van der Waals surface area contributed by atoms with Crippen LogP contribution in [0.2, 0.25) is 0 Å². The van der Waals surface area contributed by atoms with E-state index in [-0.39, 0.29) is 5.91 Å². The standard InChI is InChI=1S/C8H15Cl2N2O/c1-5-8(4)6(13)12(9,10)7(2,3)11-8/h11H,5H2,1-4H3/q+1. The number of hydrogen-bond donors (Lipinski definition) is 1. The summed E-state index contributed by atoms with van der Waals surface area (Å²) < 4.78 is -0.642. The van der Waals surface area contributed by atoms with E-state index >= 15 is 0 Å². The molecule has 76 valence electrons. The van der Waals surface area contributed by atoms with Gasteiger partial charge >= 0.3 is 5.91 Å². The number of carbonyl (C=O) groups is 1. The normalized spacial score (nSPS) is 36.6. The van der Waals surface area contributed by atoms with Gasteiger partial charge in [-0.2, -0.15) is 0 Å². The lowest BCUT2D eigenvalue weighted by molar-refractivity contribution is -0.665. The lowest BCUT2D eigenvalue weighted by Gasteiger charge is -2.25. The van der Waals surface area contributed by atoms with Crippen molar-refractivity contribution in [1.82, 2.24) is 5.32 Å². The highest BCUT2D eigenvalue weighted by Crippen LogP contribution is 2.42. The summed E-state index contributed by atoms with van der Waals surface area (Å²) in [5.41, 5.74) is -1.25. The van der Waals surface area contributed by atoms with E-state index in [0.717, 1.165) is 0 Å². The van der Waals surface area contributed by atoms with Crippen LogP contribution >= 0.6 is 23.6 Å². The van der Waals surface area contributed by atoms with E-state index < -0.39 is 14.7 Å². The molecule has 0 bridgehead atoms. The monoisotopic (exact) mass is 225 g/mol. The number of nitrogens with zero attached hydrogens (tertiary/aromatic N) is 1. The maximum absolute atomic E-state index is 11.8. The molecule has 0 saturated carbocycles. The van der Waals surface area contributed by atoms with E-state index in [1.165, 1.54) is 0 Å². The highest BCUT2D eigenvalue weighted by molar-refractivity contribution is 6.31. The van der Waals surface area contributed by atoms with Crippen molar-refractivity contribution in [2.24, 2.45) is 0 Å². The van der Waals surface area contributed by atoms with Gasteiger partial charge in [0, 0.05) is 13.8 Å². The highest BCUT2D eigenvalue weighted by atomic mass is 35.5. The first-order valence-corrected chi connectivity index (χ1v) is 4.98. The Morgan fingerprint density at radius 3 is 2.00 bits per heavy atom. The van der Waals surface area contributed by atoms with Gasteiger partial charge in [0.2, 0.25) is 0 Å². The Bertz CT molecular complexity index is 253. The zero-order valence-electron chi connectivity index (χ0n) is 8.32. The second-order valence-corrected chi connectivity index (χ2v) is 5.38. The summed E-state index contributed by atoms with van der Waals surface area (Å²) >= 11 is 11.9. The molecule has 0 spiro atoms. The molecule has 13 heavy (non-hydrogen) atoms. The molecule has 1 aliphatic rings. The Kier molecular flexibility index (Phi) is 2.45. The fourth-order valence-corrected chi connectivity index (χ4v) is 2.06. The van der Waals surface area contributed by atoms with Crippen molar-refractivity contribution < 1.29 is 8.32 Å². The van der Waals surface area contributed by atoms with E-state index in [2.05, 4.69) is 5.32 Å². The number of hydrogen-bond acceptors (Lipinski definition) is 2. The smallest absolute Gasteiger partial charge is 0.245 e. The van der Waals surface area contributed by atoms with Crippen LogP contribution in [0.3, 0.4) is 0 Å². The quantitative estimate of drug-likeness (QED) is 0.694. The SMILES string of the molecule is CCC1(C)NC(C)(C)[N+](Cl)(Cl)C1=O. The zero-order valence-corrected chi connectivity index (χ0v) is 9.83. The molecular weight excluding hydrogens is 211 g/mol. The van der Waals surface area contributed by atoms with Crippen LogP contribution in [0.5, 0.6) is 0 Å². The molecule has 1 unspecified atom stereocenters. The molecule has 1 aliphatic heterocycles. The van der Waals surface area contributed by atoms with Crippen molar-refractivity contribution in [1.29, 1.82) is 0 Å². The molecule has 0 aliphatic carbocycles. The Morgan fingerprint density at radius 2 is 1.85 bits per heavy atom. The third-order valence-electron chi connectivity index (χ3n) is 2.72. The van der Waals surface area contributed by atoms with Crippen LogP contribution in [0.4, 0.5) is 0 Å². The first kappa shape index (κ1) is 11.2. The molecule has 0 aromatic heterocycles. The highest BCUT2D eigenvalue weighted by Gasteiger charge is 2.66. The van der Waals surface area contributed by atoms with Gasteiger partial charge < -0.3 is 0 Å². The lowest BCUT2D eigenvalue weighted by Crippen LogP contribution is -2.51. The summed E-state index contributed by atoms with van der Waals surface area (Å²) in [5.74, 6) is -0.191. The Hall–Kier alpha value is 0.170. The minimum absolute atomic E-state index is 0.191. The van der Waals surface area contributed by atoms with Gasteiger partial charge in [-0.1, -0.05) is 6.92 Å². The van der Waals surface area contributed by atoms with E-state index in [0.29, 0.717) is 6.42 Å². The summed E-state index contributed by atoms with van der Waals surface area (Å²) in [6.45, 7) is 7.37.